The Bertz CT molecular complexity index is 1250. The molecule has 4 aromatic rings. The third-order valence-electron chi connectivity index (χ3n) is 5.75. The van der Waals surface area contributed by atoms with E-state index < -0.39 is 5.25 Å². The van der Waals surface area contributed by atoms with Crippen molar-refractivity contribution in [1.29, 1.82) is 0 Å². The predicted octanol–water partition coefficient (Wildman–Crippen LogP) is 4.64. The van der Waals surface area contributed by atoms with Crippen molar-refractivity contribution in [3.8, 4) is 11.4 Å². The monoisotopic (exact) mass is 455 g/mol. The Balaban J connectivity index is 1.44. The number of fused-ring (bicyclic) bond motifs is 1. The van der Waals surface area contributed by atoms with E-state index in [4.69, 9.17) is 0 Å². The van der Waals surface area contributed by atoms with E-state index in [1.54, 1.807) is 0 Å². The number of nitrogens with zero attached hydrogens (tertiary/aromatic N) is 3. The van der Waals surface area contributed by atoms with Gasteiger partial charge in [-0.2, -0.15) is 0 Å². The van der Waals surface area contributed by atoms with Gasteiger partial charge < -0.3 is 10.7 Å². The van der Waals surface area contributed by atoms with Crippen molar-refractivity contribution in [3.05, 3.63) is 101 Å². The quantitative estimate of drug-likeness (QED) is 0.459. The molecule has 0 fully saturated rings. The Kier molecular flexibility index (Phi) is 5.88. The predicted molar refractivity (Wildman–Crippen MR) is 131 cm³/mol. The first-order chi connectivity index (χ1) is 16.1. The van der Waals surface area contributed by atoms with Gasteiger partial charge in [0, 0.05) is 12.1 Å². The summed E-state index contributed by atoms with van der Waals surface area (Å²) in [6, 6.07) is 26.2. The molecule has 0 spiro atoms. The Morgan fingerprint density at radius 1 is 0.939 bits per heavy atom. The lowest BCUT2D eigenvalue weighted by atomic mass is 10.0. The van der Waals surface area contributed by atoms with Gasteiger partial charge in [-0.25, -0.2) is 4.68 Å². The molecule has 1 aliphatic rings. The minimum atomic E-state index is -0.390. The van der Waals surface area contributed by atoms with Gasteiger partial charge in [-0.15, -0.1) is 10.2 Å². The van der Waals surface area contributed by atoms with Gasteiger partial charge in [0.2, 0.25) is 11.1 Å². The van der Waals surface area contributed by atoms with E-state index in [0.29, 0.717) is 11.7 Å². The van der Waals surface area contributed by atoms with E-state index >= 15 is 0 Å². The maximum atomic E-state index is 13.3. The summed E-state index contributed by atoms with van der Waals surface area (Å²) < 4.78 is 1.90. The molecule has 0 saturated heterocycles. The van der Waals surface area contributed by atoms with Crippen molar-refractivity contribution in [2.45, 2.75) is 36.8 Å². The Labute approximate surface area is 197 Å². The van der Waals surface area contributed by atoms with Crippen molar-refractivity contribution >= 4 is 17.7 Å². The summed E-state index contributed by atoms with van der Waals surface area (Å²) in [7, 11) is 0. The molecule has 7 heteroatoms. The molecule has 0 bridgehead atoms. The Morgan fingerprint density at radius 2 is 1.61 bits per heavy atom. The Morgan fingerprint density at radius 3 is 2.30 bits per heavy atom. The fraction of sp³-hybridized carbons (Fsp3) is 0.192. The average molecular weight is 456 g/mol. The molecule has 2 N–H and O–H groups in total. The van der Waals surface area contributed by atoms with Gasteiger partial charge in [0.05, 0.1) is 6.04 Å². The van der Waals surface area contributed by atoms with Crippen LogP contribution < -0.4 is 10.7 Å². The lowest BCUT2D eigenvalue weighted by Crippen LogP contribution is -2.43. The number of thioether (sulfide) groups is 1. The highest BCUT2D eigenvalue weighted by molar-refractivity contribution is 8.00. The summed E-state index contributed by atoms with van der Waals surface area (Å²) in [5.41, 5.74) is 8.99. The number of hydrogen-bond donors (Lipinski definition) is 2. The topological polar surface area (TPSA) is 71.8 Å². The van der Waals surface area contributed by atoms with Crippen LogP contribution in [0.5, 0.6) is 0 Å². The van der Waals surface area contributed by atoms with Crippen LogP contribution in [0.4, 0.5) is 0 Å². The van der Waals surface area contributed by atoms with Gasteiger partial charge in [-0.1, -0.05) is 102 Å². The van der Waals surface area contributed by atoms with Crippen LogP contribution in [0, 0.1) is 13.8 Å². The molecule has 1 aliphatic heterocycles. The highest BCUT2D eigenvalue weighted by Gasteiger charge is 2.37. The van der Waals surface area contributed by atoms with E-state index in [1.807, 2.05) is 47.1 Å². The second-order valence-electron chi connectivity index (χ2n) is 8.27. The highest BCUT2D eigenvalue weighted by atomic mass is 32.2. The largest absolute Gasteiger partial charge is 0.351 e. The molecule has 2 atom stereocenters. The van der Waals surface area contributed by atoms with Gasteiger partial charge in [0.25, 0.3) is 0 Å². The molecular weight excluding hydrogens is 430 g/mol. The maximum Gasteiger partial charge on any atom is 0.236 e. The molecule has 5 rings (SSSR count). The van der Waals surface area contributed by atoms with Crippen LogP contribution >= 0.6 is 11.8 Å². The standard InChI is InChI=1S/C26H25N5OS/c1-17-8-12-19(13-9-17)16-27-25(32)23-22(20-14-10-18(2)11-15-20)30-31-24(28-29-26(31)33-23)21-6-4-3-5-7-21/h3-15,22-23,30H,16H2,1-2H3,(H,27,32)/t22-,23+/m1/s1. The zero-order valence-electron chi connectivity index (χ0n) is 18.5. The molecule has 0 aliphatic carbocycles. The molecule has 2 heterocycles. The normalized spacial score (nSPS) is 17.2. The second kappa shape index (κ2) is 9.11. The molecule has 0 unspecified atom stereocenters. The number of hydrogen-bond acceptors (Lipinski definition) is 5. The lowest BCUT2D eigenvalue weighted by Gasteiger charge is -2.33. The molecular formula is C26H25N5OS. The van der Waals surface area contributed by atoms with E-state index in [2.05, 4.69) is 71.2 Å². The average Bonchev–Trinajstić information content (AvgIpc) is 3.27. The number of aryl methyl sites for hydroxylation is 2. The van der Waals surface area contributed by atoms with Crippen molar-refractivity contribution in [2.75, 3.05) is 5.43 Å². The third kappa shape index (κ3) is 4.50. The van der Waals surface area contributed by atoms with Crippen LogP contribution in [0.3, 0.4) is 0 Å². The smallest absolute Gasteiger partial charge is 0.236 e. The first-order valence-electron chi connectivity index (χ1n) is 10.9. The van der Waals surface area contributed by atoms with Gasteiger partial charge in [0.15, 0.2) is 5.82 Å². The number of nitrogens with one attached hydrogen (secondary N) is 2. The van der Waals surface area contributed by atoms with Crippen molar-refractivity contribution in [2.24, 2.45) is 0 Å². The zero-order valence-corrected chi connectivity index (χ0v) is 19.3. The fourth-order valence-electron chi connectivity index (χ4n) is 3.85. The molecule has 166 valence electrons. The van der Waals surface area contributed by atoms with E-state index in [9.17, 15) is 4.79 Å². The summed E-state index contributed by atoms with van der Waals surface area (Å²) >= 11 is 1.44. The SMILES string of the molecule is Cc1ccc(CNC(=O)[C@H]2Sc3nnc(-c4ccccc4)n3N[C@@H]2c2ccc(C)cc2)cc1. The van der Waals surface area contributed by atoms with E-state index in [-0.39, 0.29) is 11.9 Å². The van der Waals surface area contributed by atoms with E-state index in [0.717, 1.165) is 22.5 Å². The van der Waals surface area contributed by atoms with E-state index in [1.165, 1.54) is 22.9 Å². The first-order valence-corrected chi connectivity index (χ1v) is 11.8. The van der Waals surface area contributed by atoms with Crippen molar-refractivity contribution in [3.63, 3.8) is 0 Å². The van der Waals surface area contributed by atoms with Gasteiger partial charge in [0.1, 0.15) is 5.25 Å². The Hall–Kier alpha value is -3.58. The lowest BCUT2D eigenvalue weighted by molar-refractivity contribution is -0.121. The maximum absolute atomic E-state index is 13.3. The number of aromatic nitrogens is 3. The minimum absolute atomic E-state index is 0.0332. The number of amides is 1. The van der Waals surface area contributed by atoms with Crippen LogP contribution in [-0.4, -0.2) is 26.0 Å². The summed E-state index contributed by atoms with van der Waals surface area (Å²) in [4.78, 5) is 13.3. The molecule has 1 amide bonds. The van der Waals surface area contributed by atoms with Crippen LogP contribution in [0.1, 0.15) is 28.3 Å². The third-order valence-corrected chi connectivity index (χ3v) is 6.97. The summed E-state index contributed by atoms with van der Waals surface area (Å²) in [6.45, 7) is 4.60. The molecule has 3 aromatic carbocycles. The van der Waals surface area contributed by atoms with Crippen LogP contribution in [0.15, 0.2) is 84.0 Å². The molecule has 6 nitrogen and oxygen atoms in total. The summed E-state index contributed by atoms with van der Waals surface area (Å²) in [5, 5.41) is 12.2. The molecule has 0 saturated carbocycles. The van der Waals surface area contributed by atoms with Gasteiger partial charge in [-0.3, -0.25) is 4.79 Å². The highest BCUT2D eigenvalue weighted by Crippen LogP contribution is 2.38. The number of benzene rings is 3. The van der Waals surface area contributed by atoms with Crippen LogP contribution in [0.2, 0.25) is 0 Å². The van der Waals surface area contributed by atoms with Gasteiger partial charge >= 0.3 is 0 Å². The zero-order chi connectivity index (χ0) is 22.8. The number of carbonyl (C=O) groups excluding carboxylic acids is 1. The molecule has 33 heavy (non-hydrogen) atoms. The molecule has 0 radical (unpaired) electrons. The molecule has 1 aromatic heterocycles. The summed E-state index contributed by atoms with van der Waals surface area (Å²) in [6.07, 6.45) is 0. The fourth-order valence-corrected chi connectivity index (χ4v) is 4.95. The van der Waals surface area contributed by atoms with Crippen LogP contribution in [-0.2, 0) is 11.3 Å². The van der Waals surface area contributed by atoms with Gasteiger partial charge in [-0.05, 0) is 25.0 Å². The second-order valence-corrected chi connectivity index (χ2v) is 9.38. The minimum Gasteiger partial charge on any atom is -0.351 e. The van der Waals surface area contributed by atoms with Crippen LogP contribution in [0.25, 0.3) is 11.4 Å². The number of rotatable bonds is 5. The summed E-state index contributed by atoms with van der Waals surface area (Å²) in [5.74, 6) is 0.697. The van der Waals surface area contributed by atoms with Crippen molar-refractivity contribution in [1.82, 2.24) is 20.2 Å². The van der Waals surface area contributed by atoms with Crippen molar-refractivity contribution < 1.29 is 4.79 Å². The number of carbonyl (C=O) groups is 1. The first kappa shape index (κ1) is 21.3.